The quantitative estimate of drug-likeness (QED) is 0.0252. The molecule has 75 heteroatoms. The lowest BCUT2D eigenvalue weighted by atomic mass is 9.91. The van der Waals surface area contributed by atoms with Crippen LogP contribution in [0.15, 0.2) is 0 Å². The summed E-state index contributed by atoms with van der Waals surface area (Å²) in [6.07, 6.45) is -120. The summed E-state index contributed by atoms with van der Waals surface area (Å²) in [5.74, 6) is -7.17. The Morgan fingerprint density at radius 3 is 1.24 bits per heavy atom. The largest absolute Gasteiger partial charge is 0.481 e. The van der Waals surface area contributed by atoms with E-state index < -0.39 is 450 Å². The third kappa shape index (κ3) is 30.2. The molecule has 0 aromatic heterocycles. The average molecular weight is 2200 g/mol. The molecule has 9 aliphatic heterocycles. The summed E-state index contributed by atoms with van der Waals surface area (Å²) >= 11 is 0. The van der Waals surface area contributed by atoms with Crippen LogP contribution in [0, 0.1) is 0 Å². The van der Waals surface area contributed by atoms with Crippen LogP contribution in [0.2, 0.25) is 0 Å². The summed E-state index contributed by atoms with van der Waals surface area (Å²) in [6.45, 7) is -16.2. The lowest BCUT2D eigenvalue weighted by Crippen LogP contribution is -2.71. The van der Waals surface area contributed by atoms with Gasteiger partial charge in [-0.1, -0.05) is 0 Å². The van der Waals surface area contributed by atoms with Gasteiger partial charge in [-0.2, -0.15) is 4.31 Å². The fourth-order valence-electron chi connectivity index (χ4n) is 16.1. The van der Waals surface area contributed by atoms with Crippen LogP contribution in [0.25, 0.3) is 0 Å². The molecule has 1 amide bonds. The zero-order valence-corrected chi connectivity index (χ0v) is 78.2. The minimum atomic E-state index is -6.46. The Balaban J connectivity index is 1.08. The summed E-state index contributed by atoms with van der Waals surface area (Å²) in [4.78, 5) is 88.3. The van der Waals surface area contributed by atoms with Gasteiger partial charge in [-0.15, -0.1) is 0 Å². The van der Waals surface area contributed by atoms with Crippen molar-refractivity contribution in [2.45, 2.75) is 307 Å². The summed E-state index contributed by atoms with van der Waals surface area (Å²) in [5.41, 5.74) is 16.1. The maximum atomic E-state index is 13.8. The van der Waals surface area contributed by atoms with Crippen LogP contribution in [0.5, 0.6) is 0 Å². The Labute approximate surface area is 798 Å². The zero-order valence-electron chi connectivity index (χ0n) is 73.7. The molecule has 832 valence electrons. The van der Waals surface area contributed by atoms with Gasteiger partial charge in [-0.25, -0.2) is 27.6 Å². The van der Waals surface area contributed by atoms with Crippen LogP contribution in [-0.4, -0.2) is 577 Å². The average Bonchev–Trinajstić information content (AvgIpc) is 0.750. The molecule has 9 saturated heterocycles. The second kappa shape index (κ2) is 53.0. The number of rotatable bonds is 50. The topological polar surface area (TPSA) is 1130 Å². The second-order valence-electron chi connectivity index (χ2n) is 33.0. The third-order valence-electron chi connectivity index (χ3n) is 23.0. The van der Waals surface area contributed by atoms with E-state index in [9.17, 15) is 205 Å². The highest BCUT2D eigenvalue weighted by molar-refractivity contribution is 7.61. The maximum Gasteiger partial charge on any atom is 0.481 e. The van der Waals surface area contributed by atoms with E-state index in [1.807, 2.05) is 0 Å². The molecule has 0 aromatic rings. The molecule has 9 heterocycles. The van der Waals surface area contributed by atoms with E-state index in [0.717, 1.165) is 6.92 Å². The highest BCUT2D eigenvalue weighted by Crippen LogP contribution is 2.62. The zero-order chi connectivity index (χ0) is 106. The van der Waals surface area contributed by atoms with E-state index in [0.29, 0.717) is 0 Å². The number of ether oxygens (including phenoxy) is 17. The van der Waals surface area contributed by atoms with Crippen molar-refractivity contribution >= 4 is 51.0 Å². The number of aliphatic carboxylic acids is 1. The molecule has 52 atom stereocenters. The molecule has 4 unspecified atom stereocenters. The fraction of sp³-hybridized carbons (Fsp3) is 0.970. The molecule has 142 heavy (non-hydrogen) atoms. The summed E-state index contributed by atoms with van der Waals surface area (Å²) in [5, 5.41) is 320. The summed E-state index contributed by atoms with van der Waals surface area (Å²) in [6, 6.07) is -1.70. The standard InChI is InChI=1S/C67H123N4O66P5/c1-18(80)71-29-32(86)30(84)23(12-75)117-58(29)129-53-31(85)24(13-76)118-62(42(53)96)125-49-26(15-78)119-59(38(92)36(49)90)124-48-25(14-77)120-60(39(93)35(48)89)126-51-28(17-116-138(102,103)104)121-61(40(94)37(51)91)132-57-46(20(82)10-73)123-64(128-52-22(134-142(111,112)137-141(109,110)115-7-4-70)8-67(101,66(99)100)133-47(52)21(83)11-74)44(98)55(57)130-65-56(34(88)33(87)50(127-65)27(16-79)135-139(105,106)113-5-2-68)131-63-43(97)54(136-140(107,108)114-6-3-69)41(95)45(122-63)19(81)9-72/h19-65,72-79,81-98,101H,2-17,68-70H2,1H3,(H,71,80)(H,99,100)(H,105,106)(H,107,108)(H,109,110)(H,111,112)(H2,102,103,104)/t19-,20-,21+,22+,23+,24+,25+,26+,27-,28+,29+,30-,31-,32+,33-,34-,35+,36+,37+,38+,39+,40+,41+,42+,43-,44-,45+,46+,47+,48+,49-,50+,51+,52+,53-,54-,55+,56-,57+,58-,59-,60-,61-,62+,63+,64+,65+,67+/m0/s1. The van der Waals surface area contributed by atoms with E-state index in [2.05, 4.69) is 18.7 Å². The van der Waals surface area contributed by atoms with Gasteiger partial charge in [0.15, 0.2) is 50.3 Å². The van der Waals surface area contributed by atoms with Crippen LogP contribution in [-0.2, 0) is 149 Å². The number of hydrogen-bond donors (Lipinski definition) is 38. The molecule has 41 N–H and O–H groups in total. The molecule has 0 radical (unpaired) electrons. The smallest absolute Gasteiger partial charge is 0.477 e. The molecule has 9 fully saturated rings. The van der Waals surface area contributed by atoms with Gasteiger partial charge in [0, 0.05) is 33.0 Å². The van der Waals surface area contributed by atoms with Crippen LogP contribution >= 0.6 is 39.1 Å². The molecule has 9 aliphatic rings. The van der Waals surface area contributed by atoms with Gasteiger partial charge in [0.25, 0.3) is 5.79 Å². The first-order valence-electron chi connectivity index (χ1n) is 42.7. The van der Waals surface area contributed by atoms with E-state index in [-0.39, 0.29) is 0 Å². The number of hydrogen-bond acceptors (Lipinski definition) is 62. The van der Waals surface area contributed by atoms with Gasteiger partial charge in [-0.3, -0.25) is 36.5 Å². The van der Waals surface area contributed by atoms with Crippen molar-refractivity contribution in [1.29, 1.82) is 0 Å². The molecule has 0 bridgehead atoms. The number of carboxylic acids is 1. The Bertz CT molecular complexity index is 4140. The lowest BCUT2D eigenvalue weighted by molar-refractivity contribution is -0.417. The fourth-order valence-corrected chi connectivity index (χ4v) is 20.6. The van der Waals surface area contributed by atoms with E-state index in [1.165, 1.54) is 0 Å². The van der Waals surface area contributed by atoms with Gasteiger partial charge >= 0.3 is 45.1 Å². The van der Waals surface area contributed by atoms with Gasteiger partial charge < -0.3 is 275 Å². The van der Waals surface area contributed by atoms with Gasteiger partial charge in [0.1, 0.15) is 238 Å². The number of aliphatic hydroxyl groups excluding tert-OH is 26. The Hall–Kier alpha value is -2.35. The normalized spacial score (nSPS) is 44.1. The third-order valence-corrected chi connectivity index (χ3v) is 28.2. The first-order valence-corrected chi connectivity index (χ1v) is 50.3. The first-order chi connectivity index (χ1) is 66.4. The van der Waals surface area contributed by atoms with Crippen molar-refractivity contribution in [1.82, 2.24) is 5.32 Å². The maximum absolute atomic E-state index is 13.8. The highest BCUT2D eigenvalue weighted by atomic mass is 31.3. The Kier molecular flexibility index (Phi) is 46.0. The molecular formula is C67H123N4O66P5. The minimum absolute atomic E-state index is 0.515. The van der Waals surface area contributed by atoms with Crippen molar-refractivity contribution in [3.8, 4) is 0 Å². The number of nitrogens with two attached hydrogens (primary N) is 3. The number of nitrogens with one attached hydrogen (secondary N) is 1. The van der Waals surface area contributed by atoms with Crippen LogP contribution in [0.1, 0.15) is 13.3 Å². The number of carbonyl (C=O) groups excluding carboxylic acids is 1. The van der Waals surface area contributed by atoms with E-state index in [1.54, 1.807) is 0 Å². The lowest BCUT2D eigenvalue weighted by Gasteiger charge is -2.52. The summed E-state index contributed by atoms with van der Waals surface area (Å²) < 4.78 is 203. The number of carboxylic acid groups (broad SMARTS) is 1. The van der Waals surface area contributed by atoms with Crippen molar-refractivity contribution in [3.05, 3.63) is 0 Å². The van der Waals surface area contributed by atoms with Gasteiger partial charge in [-0.05, 0) is 0 Å². The predicted molar refractivity (Wildman–Crippen MR) is 431 cm³/mol. The monoisotopic (exact) mass is 2190 g/mol. The van der Waals surface area contributed by atoms with Crippen LogP contribution in [0.4, 0.5) is 0 Å². The molecule has 0 aromatic carbocycles. The van der Waals surface area contributed by atoms with Crippen molar-refractivity contribution in [3.63, 3.8) is 0 Å². The number of carbonyl (C=O) groups is 2. The molecule has 9 rings (SSSR count). The molecular weight excluding hydrogens is 2070 g/mol. The van der Waals surface area contributed by atoms with Crippen molar-refractivity contribution < 1.29 is 321 Å². The van der Waals surface area contributed by atoms with E-state index >= 15 is 0 Å². The number of phosphoric acid groups is 5. The molecule has 0 spiro atoms. The van der Waals surface area contributed by atoms with Crippen molar-refractivity contribution in [2.24, 2.45) is 17.2 Å². The van der Waals surface area contributed by atoms with E-state index in [4.69, 9.17) is 120 Å². The molecule has 0 saturated carbocycles. The van der Waals surface area contributed by atoms with Crippen molar-refractivity contribution in [2.75, 3.05) is 98.9 Å². The summed E-state index contributed by atoms with van der Waals surface area (Å²) in [7, 11) is -29.5. The highest BCUT2D eigenvalue weighted by Gasteiger charge is 2.65. The minimum Gasteiger partial charge on any atom is -0.477 e. The number of amides is 1. The Morgan fingerprint density at radius 1 is 0.366 bits per heavy atom. The molecule has 70 nitrogen and oxygen atoms in total. The predicted octanol–water partition coefficient (Wildman–Crippen LogP) is -22.0. The first kappa shape index (κ1) is 123. The van der Waals surface area contributed by atoms with Gasteiger partial charge in [0.05, 0.1) is 79.3 Å². The van der Waals surface area contributed by atoms with Gasteiger partial charge in [0.2, 0.25) is 5.91 Å². The Morgan fingerprint density at radius 2 is 0.754 bits per heavy atom. The van der Waals surface area contributed by atoms with Crippen LogP contribution < -0.4 is 22.5 Å². The number of aliphatic hydroxyl groups is 27. The van der Waals surface area contributed by atoms with Crippen LogP contribution in [0.3, 0.4) is 0 Å². The second-order valence-corrected chi connectivity index (χ2v) is 40.1. The number of phosphoric ester groups is 5. The molecule has 0 aliphatic carbocycles. The SMILES string of the molecule is CC(=O)N[C@H]1[C@H](O[C@H]2[C@@H](O)[C@@H](CO)O[C@H](O[C@@H]3[C@H](O)[C@@H](O)[C@H](O[C@H]4[C@H](O)[C@@H](O)[C@H](O[C@H]5[C@H](O)[C@@H](O)[C@H](O[C@H]6[C@H](O[C@H]7O[C@H]([C@H](CO)OP(=O)(O)OCCN)[C@@H](O)[C@H](O)[C@@H]7O[C@H]7O[C@H]([C@@H](O)CO)[C@@H](O)[C@H](OP(=O)(O)OCCN)[C@@H]7O)[C@H](O)[C@@H](O[C@H]7[C@@H]([C@H](O)CO)O[C@@](O)(C(=O)O)C[C@H]7OP(=O)(O)OP(=O)(O)OCCN)O[C@@H]6[C@@H](O)CO)O[C@@H]5COP(=O)(O)O)O[C@@H]4CO)O[C@@H]3CO)[C@@H]2O)O[C@H](CO)[C@H](O)[C@@H]1O.